The minimum absolute atomic E-state index is 0.103. The van der Waals surface area contributed by atoms with E-state index in [1.54, 1.807) is 0 Å². The summed E-state index contributed by atoms with van der Waals surface area (Å²) in [7, 11) is 0. The van der Waals surface area contributed by atoms with Crippen LogP contribution in [-0.4, -0.2) is 59.6 Å². The third-order valence-electron chi connectivity index (χ3n) is 12.8. The number of aliphatic hydroxyl groups excluding tert-OH is 2. The molecular weight excluding hydrogens is 789 g/mol. The molecule has 3 atom stereocenters. The second kappa shape index (κ2) is 49.8. The molecule has 2 N–H and O–H groups in total. The number of unbranched alkanes of at least 4 members (excludes halogenated alkanes) is 35. The molecule has 0 saturated carbocycles. The maximum Gasteiger partial charge on any atom is 0.306 e. The number of hydrogen-bond donors (Lipinski definition) is 2. The summed E-state index contributed by atoms with van der Waals surface area (Å²) >= 11 is 0. The van der Waals surface area contributed by atoms with Crippen LogP contribution in [0.15, 0.2) is 0 Å². The molecule has 8 nitrogen and oxygen atoms in total. The Hall–Kier alpha value is -1.67. The number of esters is 3. The Morgan fingerprint density at radius 1 is 0.317 bits per heavy atom. The molecule has 0 bridgehead atoms. The molecule has 0 aliphatic heterocycles. The average molecular weight is 895 g/mol. The van der Waals surface area contributed by atoms with Gasteiger partial charge in [-0.05, 0) is 32.1 Å². The van der Waals surface area contributed by atoms with Crippen molar-refractivity contribution in [2.75, 3.05) is 13.2 Å². The fourth-order valence-electron chi connectivity index (χ4n) is 8.48. The number of rotatable bonds is 51. The first kappa shape index (κ1) is 61.3. The quantitative estimate of drug-likeness (QED) is 0.0352. The molecule has 0 aromatic carbocycles. The van der Waals surface area contributed by atoms with Gasteiger partial charge in [0.1, 0.15) is 13.2 Å². The normalized spacial score (nSPS) is 12.9. The zero-order valence-corrected chi connectivity index (χ0v) is 42.1. The van der Waals surface area contributed by atoms with Crippen LogP contribution >= 0.6 is 0 Å². The van der Waals surface area contributed by atoms with Crippen LogP contribution in [0.1, 0.15) is 303 Å². The summed E-state index contributed by atoms with van der Waals surface area (Å²) in [4.78, 5) is 38.1. The minimum Gasteiger partial charge on any atom is -0.462 e. The highest BCUT2D eigenvalue weighted by atomic mass is 16.6. The van der Waals surface area contributed by atoms with Gasteiger partial charge in [0, 0.05) is 19.3 Å². The molecule has 63 heavy (non-hydrogen) atoms. The van der Waals surface area contributed by atoms with Crippen LogP contribution in [0, 0.1) is 0 Å². The SMILES string of the molecule is CCCCCCCCCCCCCCCCCC(=O)OC(COC(=O)CCCCCCCCCCCCCCC)COC(=O)CCCCCCCC(O)C(O)CCCCCCCC. The molecule has 374 valence electrons. The Bertz CT molecular complexity index is 972. The molecule has 0 fully saturated rings. The monoisotopic (exact) mass is 895 g/mol. The summed E-state index contributed by atoms with van der Waals surface area (Å²) < 4.78 is 16.8. The van der Waals surface area contributed by atoms with Crippen LogP contribution in [0.5, 0.6) is 0 Å². The Morgan fingerprint density at radius 2 is 0.540 bits per heavy atom. The molecule has 0 radical (unpaired) electrons. The van der Waals surface area contributed by atoms with Gasteiger partial charge < -0.3 is 24.4 Å². The topological polar surface area (TPSA) is 119 Å². The van der Waals surface area contributed by atoms with Gasteiger partial charge in [-0.2, -0.15) is 0 Å². The molecular formula is C55H106O8. The van der Waals surface area contributed by atoms with E-state index in [4.69, 9.17) is 14.2 Å². The molecule has 0 saturated heterocycles. The van der Waals surface area contributed by atoms with Gasteiger partial charge in [0.25, 0.3) is 0 Å². The van der Waals surface area contributed by atoms with Crippen LogP contribution in [0.3, 0.4) is 0 Å². The molecule has 0 aliphatic carbocycles. The lowest BCUT2D eigenvalue weighted by molar-refractivity contribution is -0.167. The number of hydrogen-bond acceptors (Lipinski definition) is 8. The molecule has 3 unspecified atom stereocenters. The van der Waals surface area contributed by atoms with Gasteiger partial charge in [-0.15, -0.1) is 0 Å². The molecule has 0 amide bonds. The molecule has 0 rings (SSSR count). The van der Waals surface area contributed by atoms with Gasteiger partial charge in [-0.3, -0.25) is 14.4 Å². The summed E-state index contributed by atoms with van der Waals surface area (Å²) in [6.45, 7) is 6.51. The van der Waals surface area contributed by atoms with Crippen LogP contribution in [-0.2, 0) is 28.6 Å². The van der Waals surface area contributed by atoms with Gasteiger partial charge in [-0.25, -0.2) is 0 Å². The lowest BCUT2D eigenvalue weighted by Gasteiger charge is -2.18. The van der Waals surface area contributed by atoms with E-state index in [2.05, 4.69) is 20.8 Å². The van der Waals surface area contributed by atoms with Gasteiger partial charge in [-0.1, -0.05) is 252 Å². The number of ether oxygens (including phenoxy) is 3. The first-order chi connectivity index (χ1) is 30.8. The van der Waals surface area contributed by atoms with Crippen LogP contribution in [0.25, 0.3) is 0 Å². The van der Waals surface area contributed by atoms with Crippen molar-refractivity contribution < 1.29 is 38.8 Å². The standard InChI is InChI=1S/C55H106O8/c1-4-7-10-13-16-18-20-22-23-25-27-29-31-36-42-47-55(60)63-50(48-61-53(58)45-40-35-30-28-26-24-21-19-17-14-11-8-5-2)49-62-54(59)46-41-37-32-34-39-44-52(57)51(56)43-38-33-15-12-9-6-3/h50-52,56-57H,4-49H2,1-3H3. The Labute approximate surface area is 390 Å². The second-order valence-corrected chi connectivity index (χ2v) is 19.2. The Kier molecular flexibility index (Phi) is 48.4. The number of aliphatic hydroxyl groups is 2. The zero-order valence-electron chi connectivity index (χ0n) is 42.1. The van der Waals surface area contributed by atoms with E-state index in [1.807, 2.05) is 0 Å². The van der Waals surface area contributed by atoms with Gasteiger partial charge in [0.2, 0.25) is 0 Å². The average Bonchev–Trinajstić information content (AvgIpc) is 3.28. The highest BCUT2D eigenvalue weighted by molar-refractivity contribution is 5.71. The third-order valence-corrected chi connectivity index (χ3v) is 12.8. The van der Waals surface area contributed by atoms with Gasteiger partial charge in [0.05, 0.1) is 12.2 Å². The van der Waals surface area contributed by atoms with Crippen molar-refractivity contribution in [1.29, 1.82) is 0 Å². The highest BCUT2D eigenvalue weighted by Crippen LogP contribution is 2.18. The third kappa shape index (κ3) is 46.7. The van der Waals surface area contributed by atoms with E-state index in [0.29, 0.717) is 32.1 Å². The summed E-state index contributed by atoms with van der Waals surface area (Å²) in [5.74, 6) is -0.976. The molecule has 0 aliphatic rings. The Morgan fingerprint density at radius 3 is 0.810 bits per heavy atom. The van der Waals surface area contributed by atoms with E-state index in [-0.39, 0.29) is 37.5 Å². The van der Waals surface area contributed by atoms with Crippen molar-refractivity contribution >= 4 is 17.9 Å². The first-order valence-electron chi connectivity index (χ1n) is 27.7. The molecule has 8 heteroatoms. The van der Waals surface area contributed by atoms with E-state index >= 15 is 0 Å². The molecule has 0 heterocycles. The van der Waals surface area contributed by atoms with E-state index < -0.39 is 18.3 Å². The number of carbonyl (C=O) groups is 3. The molecule has 0 aromatic heterocycles. The Balaban J connectivity index is 4.41. The zero-order chi connectivity index (χ0) is 46.1. The maximum absolute atomic E-state index is 12.8. The van der Waals surface area contributed by atoms with Gasteiger partial charge in [0.15, 0.2) is 6.10 Å². The van der Waals surface area contributed by atoms with Crippen molar-refractivity contribution in [1.82, 2.24) is 0 Å². The summed E-state index contributed by atoms with van der Waals surface area (Å²) in [6, 6.07) is 0. The fraction of sp³-hybridized carbons (Fsp3) is 0.945. The smallest absolute Gasteiger partial charge is 0.306 e. The van der Waals surface area contributed by atoms with Gasteiger partial charge >= 0.3 is 17.9 Å². The van der Waals surface area contributed by atoms with E-state index in [0.717, 1.165) is 77.0 Å². The van der Waals surface area contributed by atoms with Crippen molar-refractivity contribution in [3.63, 3.8) is 0 Å². The number of carbonyl (C=O) groups excluding carboxylic acids is 3. The molecule has 0 aromatic rings. The fourth-order valence-corrected chi connectivity index (χ4v) is 8.48. The summed E-state index contributed by atoms with van der Waals surface area (Å²) in [5.41, 5.74) is 0. The largest absolute Gasteiger partial charge is 0.462 e. The minimum atomic E-state index is -0.809. The second-order valence-electron chi connectivity index (χ2n) is 19.2. The summed E-state index contributed by atoms with van der Waals surface area (Å²) in [6.07, 6.45) is 46.5. The predicted molar refractivity (Wildman–Crippen MR) is 264 cm³/mol. The van der Waals surface area contributed by atoms with Crippen molar-refractivity contribution in [2.45, 2.75) is 322 Å². The van der Waals surface area contributed by atoms with Crippen molar-refractivity contribution in [3.8, 4) is 0 Å². The lowest BCUT2D eigenvalue weighted by atomic mass is 9.99. The van der Waals surface area contributed by atoms with E-state index in [1.165, 1.54) is 167 Å². The lowest BCUT2D eigenvalue weighted by Crippen LogP contribution is -2.30. The predicted octanol–water partition coefficient (Wildman–Crippen LogP) is 15.9. The maximum atomic E-state index is 12.8. The highest BCUT2D eigenvalue weighted by Gasteiger charge is 2.20. The van der Waals surface area contributed by atoms with Crippen molar-refractivity contribution in [3.05, 3.63) is 0 Å². The summed E-state index contributed by atoms with van der Waals surface area (Å²) in [5, 5.41) is 20.6. The van der Waals surface area contributed by atoms with Crippen LogP contribution in [0.2, 0.25) is 0 Å². The van der Waals surface area contributed by atoms with E-state index in [9.17, 15) is 24.6 Å². The van der Waals surface area contributed by atoms with Crippen molar-refractivity contribution in [2.24, 2.45) is 0 Å². The molecule has 0 spiro atoms. The first-order valence-corrected chi connectivity index (χ1v) is 27.7. The van der Waals surface area contributed by atoms with Crippen LogP contribution in [0.4, 0.5) is 0 Å². The van der Waals surface area contributed by atoms with Crippen LogP contribution < -0.4 is 0 Å².